The lowest BCUT2D eigenvalue weighted by Crippen LogP contribution is -2.35. The Balaban J connectivity index is 2.16. The number of carbonyl (C=O) groups is 1. The highest BCUT2D eigenvalue weighted by molar-refractivity contribution is 5.77. The van der Waals surface area contributed by atoms with E-state index in [2.05, 4.69) is 5.32 Å². The van der Waals surface area contributed by atoms with Crippen LogP contribution in [0.4, 0.5) is 18.9 Å². The van der Waals surface area contributed by atoms with Crippen LogP contribution in [0.2, 0.25) is 0 Å². The average Bonchev–Trinajstić information content (AvgIpc) is 2.92. The minimum atomic E-state index is -4.35. The van der Waals surface area contributed by atoms with Crippen molar-refractivity contribution in [2.75, 3.05) is 24.5 Å². The molecule has 0 aromatic heterocycles. The van der Waals surface area contributed by atoms with Crippen molar-refractivity contribution < 1.29 is 18.0 Å². The van der Waals surface area contributed by atoms with Crippen molar-refractivity contribution in [1.29, 1.82) is 0 Å². The first-order valence-corrected chi connectivity index (χ1v) is 7.87. The second-order valence-electron chi connectivity index (χ2n) is 6.44. The smallest absolute Gasteiger partial charge is 0.370 e. The number of alkyl halides is 3. The zero-order valence-corrected chi connectivity index (χ0v) is 13.7. The molecule has 1 aliphatic rings. The number of carbonyl (C=O) groups excluding carboxylic acids is 1. The third-order valence-corrected chi connectivity index (χ3v) is 4.16. The molecule has 1 N–H and O–H groups in total. The van der Waals surface area contributed by atoms with Gasteiger partial charge in [0, 0.05) is 24.8 Å². The number of halogens is 3. The summed E-state index contributed by atoms with van der Waals surface area (Å²) >= 11 is 0. The zero-order valence-electron chi connectivity index (χ0n) is 13.7. The van der Waals surface area contributed by atoms with E-state index in [9.17, 15) is 18.0 Å². The Bertz CT molecular complexity index is 569. The number of anilines is 1. The molecule has 1 aromatic carbocycles. The van der Waals surface area contributed by atoms with E-state index in [0.29, 0.717) is 30.9 Å². The Labute approximate surface area is 134 Å². The Morgan fingerprint density at radius 1 is 1.39 bits per heavy atom. The van der Waals surface area contributed by atoms with Gasteiger partial charge in [0.15, 0.2) is 0 Å². The number of nitrogens with one attached hydrogen (secondary N) is 1. The summed E-state index contributed by atoms with van der Waals surface area (Å²) in [5.74, 6) is -0.117. The van der Waals surface area contributed by atoms with Crippen molar-refractivity contribution >= 4 is 11.5 Å². The van der Waals surface area contributed by atoms with Crippen molar-refractivity contribution in [2.45, 2.75) is 45.3 Å². The van der Waals surface area contributed by atoms with E-state index in [4.69, 9.17) is 0 Å². The summed E-state index contributed by atoms with van der Waals surface area (Å²) < 4.78 is 39.9. The first kappa shape index (κ1) is 17.8. The molecule has 1 atom stereocenters. The minimum absolute atomic E-state index is 0.0593. The zero-order chi connectivity index (χ0) is 17.2. The molecular weight excluding hydrogens is 305 g/mol. The molecular formula is C17H23F3N2O. The molecule has 0 saturated carbocycles. The van der Waals surface area contributed by atoms with Crippen LogP contribution in [-0.2, 0) is 11.0 Å². The molecule has 0 spiro atoms. The Kier molecular flexibility index (Phi) is 5.34. The molecule has 0 bridgehead atoms. The Morgan fingerprint density at radius 2 is 2.09 bits per heavy atom. The summed E-state index contributed by atoms with van der Waals surface area (Å²) in [6.45, 7) is 6.65. The fourth-order valence-electron chi connectivity index (χ4n) is 2.94. The predicted octanol–water partition coefficient (Wildman–Crippen LogP) is 3.59. The molecule has 1 aliphatic heterocycles. The van der Waals surface area contributed by atoms with Crippen molar-refractivity contribution in [3.05, 3.63) is 29.3 Å². The summed E-state index contributed by atoms with van der Waals surface area (Å²) in [7, 11) is 0. The monoisotopic (exact) mass is 328 g/mol. The average molecular weight is 328 g/mol. The number of rotatable bonds is 5. The van der Waals surface area contributed by atoms with Crippen LogP contribution in [0.5, 0.6) is 0 Å². The minimum Gasteiger partial charge on any atom is -0.370 e. The lowest BCUT2D eigenvalue weighted by molar-refractivity contribution is -0.138. The van der Waals surface area contributed by atoms with Gasteiger partial charge in [0.2, 0.25) is 0 Å². The van der Waals surface area contributed by atoms with Crippen LogP contribution < -0.4 is 10.2 Å². The maximum absolute atomic E-state index is 13.3. The van der Waals surface area contributed by atoms with E-state index >= 15 is 0 Å². The van der Waals surface area contributed by atoms with Crippen LogP contribution in [0.3, 0.4) is 0 Å². The van der Waals surface area contributed by atoms with Crippen molar-refractivity contribution in [3.63, 3.8) is 0 Å². The normalized spacial score (nSPS) is 18.7. The van der Waals surface area contributed by atoms with Crippen LogP contribution >= 0.6 is 0 Å². The van der Waals surface area contributed by atoms with E-state index in [0.717, 1.165) is 6.42 Å². The first-order chi connectivity index (χ1) is 10.7. The van der Waals surface area contributed by atoms with Gasteiger partial charge in [-0.05, 0) is 37.0 Å². The van der Waals surface area contributed by atoms with Crippen molar-refractivity contribution in [1.82, 2.24) is 5.32 Å². The molecule has 0 amide bonds. The summed E-state index contributed by atoms with van der Waals surface area (Å²) in [5.41, 5.74) is 0.366. The van der Waals surface area contributed by atoms with Gasteiger partial charge in [-0.15, -0.1) is 0 Å². The van der Waals surface area contributed by atoms with E-state index in [-0.39, 0.29) is 17.7 Å². The van der Waals surface area contributed by atoms with Crippen LogP contribution in [-0.4, -0.2) is 31.5 Å². The fourth-order valence-corrected chi connectivity index (χ4v) is 2.94. The molecule has 1 heterocycles. The molecule has 1 fully saturated rings. The van der Waals surface area contributed by atoms with Crippen LogP contribution in [0, 0.1) is 0 Å². The van der Waals surface area contributed by atoms with E-state index in [1.807, 2.05) is 4.90 Å². The standard InChI is InChI=1S/C17H23F3N2O/c1-11(2)15-5-4-14(8-16(15)17(18,19)20)22-7-6-13(10-22)21-9-12(3)23/h4-5,8,11,13,21H,6-7,9-10H2,1-3H3. The van der Waals surface area contributed by atoms with E-state index in [1.165, 1.54) is 13.0 Å². The molecule has 1 unspecified atom stereocenters. The van der Waals surface area contributed by atoms with Gasteiger partial charge in [-0.2, -0.15) is 13.2 Å². The first-order valence-electron chi connectivity index (χ1n) is 7.87. The molecule has 1 aromatic rings. The maximum Gasteiger partial charge on any atom is 0.416 e. The second kappa shape index (κ2) is 6.91. The van der Waals surface area contributed by atoms with Crippen LogP contribution in [0.15, 0.2) is 18.2 Å². The lowest BCUT2D eigenvalue weighted by Gasteiger charge is -2.23. The van der Waals surface area contributed by atoms with Gasteiger partial charge in [0.05, 0.1) is 12.1 Å². The summed E-state index contributed by atoms with van der Waals surface area (Å²) in [6, 6.07) is 4.73. The van der Waals surface area contributed by atoms with E-state index in [1.54, 1.807) is 26.0 Å². The highest BCUT2D eigenvalue weighted by Gasteiger charge is 2.35. The van der Waals surface area contributed by atoms with Crippen LogP contribution in [0.1, 0.15) is 44.2 Å². The van der Waals surface area contributed by atoms with Gasteiger partial charge < -0.3 is 10.2 Å². The quantitative estimate of drug-likeness (QED) is 0.896. The van der Waals surface area contributed by atoms with Crippen LogP contribution in [0.25, 0.3) is 0 Å². The second-order valence-corrected chi connectivity index (χ2v) is 6.44. The molecule has 0 aliphatic carbocycles. The molecule has 6 heteroatoms. The number of hydrogen-bond donors (Lipinski definition) is 1. The molecule has 1 saturated heterocycles. The fraction of sp³-hybridized carbons (Fsp3) is 0.588. The molecule has 23 heavy (non-hydrogen) atoms. The maximum atomic E-state index is 13.3. The molecule has 0 radical (unpaired) electrons. The predicted molar refractivity (Wildman–Crippen MR) is 84.8 cm³/mol. The van der Waals surface area contributed by atoms with Crippen molar-refractivity contribution in [3.8, 4) is 0 Å². The highest BCUT2D eigenvalue weighted by atomic mass is 19.4. The van der Waals surface area contributed by atoms with Crippen molar-refractivity contribution in [2.24, 2.45) is 0 Å². The number of hydrogen-bond acceptors (Lipinski definition) is 3. The Hall–Kier alpha value is -1.56. The Morgan fingerprint density at radius 3 is 2.65 bits per heavy atom. The van der Waals surface area contributed by atoms with Gasteiger partial charge in [0.25, 0.3) is 0 Å². The number of benzene rings is 1. The van der Waals surface area contributed by atoms with Gasteiger partial charge >= 0.3 is 6.18 Å². The largest absolute Gasteiger partial charge is 0.416 e. The number of ketones is 1. The van der Waals surface area contributed by atoms with Gasteiger partial charge in [-0.3, -0.25) is 4.79 Å². The summed E-state index contributed by atoms with van der Waals surface area (Å²) in [4.78, 5) is 12.9. The van der Waals surface area contributed by atoms with Gasteiger partial charge in [-0.25, -0.2) is 0 Å². The number of Topliss-reactive ketones (excluding diaryl/α,β-unsaturated/α-hetero) is 1. The van der Waals surface area contributed by atoms with Gasteiger partial charge in [-0.1, -0.05) is 19.9 Å². The summed E-state index contributed by atoms with van der Waals surface area (Å²) in [6.07, 6.45) is -3.53. The molecule has 3 nitrogen and oxygen atoms in total. The van der Waals surface area contributed by atoms with E-state index < -0.39 is 11.7 Å². The highest BCUT2D eigenvalue weighted by Crippen LogP contribution is 2.38. The van der Waals surface area contributed by atoms with Gasteiger partial charge in [0.1, 0.15) is 5.78 Å². The molecule has 2 rings (SSSR count). The molecule has 128 valence electrons. The lowest BCUT2D eigenvalue weighted by atomic mass is 9.96. The number of nitrogens with zero attached hydrogens (tertiary/aromatic N) is 1. The summed E-state index contributed by atoms with van der Waals surface area (Å²) in [5, 5.41) is 3.14. The SMILES string of the molecule is CC(=O)CNC1CCN(c2ccc(C(C)C)c(C(F)(F)F)c2)C1. The third-order valence-electron chi connectivity index (χ3n) is 4.16. The topological polar surface area (TPSA) is 32.3 Å². The third kappa shape index (κ3) is 4.47.